The van der Waals surface area contributed by atoms with E-state index in [-0.39, 0.29) is 44.1 Å². The molecule has 2 aromatic carbocycles. The molecule has 0 spiro atoms. The molecule has 4 rings (SSSR count). The monoisotopic (exact) mass is 424 g/mol. The molecule has 1 heterocycles. The minimum atomic E-state index is -1.03. The molecular formula is C23H24N2O6. The maximum atomic E-state index is 12.1. The Balaban J connectivity index is 1.20. The van der Waals surface area contributed by atoms with Gasteiger partial charge in [-0.2, -0.15) is 0 Å². The van der Waals surface area contributed by atoms with Gasteiger partial charge in [0, 0.05) is 32.0 Å². The number of benzene rings is 2. The highest BCUT2D eigenvalue weighted by Gasteiger charge is 2.32. The molecule has 0 atom stereocenters. The van der Waals surface area contributed by atoms with Crippen LogP contribution in [0, 0.1) is 0 Å². The number of amides is 2. The number of hydrogen-bond acceptors (Lipinski definition) is 5. The van der Waals surface area contributed by atoms with Gasteiger partial charge in [0.15, 0.2) is 0 Å². The normalized spacial score (nSPS) is 15.0. The van der Waals surface area contributed by atoms with Crippen LogP contribution in [0.4, 0.5) is 4.79 Å². The Labute approximate surface area is 179 Å². The molecule has 2 aliphatic rings. The van der Waals surface area contributed by atoms with Crippen molar-refractivity contribution in [2.75, 3.05) is 32.8 Å². The topological polar surface area (TPSA) is 105 Å². The minimum absolute atomic E-state index is 0.0106. The van der Waals surface area contributed by atoms with Crippen molar-refractivity contribution >= 4 is 18.0 Å². The summed E-state index contributed by atoms with van der Waals surface area (Å²) in [5, 5.41) is 11.2. The third kappa shape index (κ3) is 4.69. The summed E-state index contributed by atoms with van der Waals surface area (Å²) in [7, 11) is 0. The fraction of sp³-hybridized carbons (Fsp3) is 0.348. The van der Waals surface area contributed by atoms with E-state index in [4.69, 9.17) is 14.6 Å². The average molecular weight is 424 g/mol. The summed E-state index contributed by atoms with van der Waals surface area (Å²) in [6.45, 7) is 0.777. The maximum Gasteiger partial charge on any atom is 0.407 e. The summed E-state index contributed by atoms with van der Waals surface area (Å²) in [4.78, 5) is 36.3. The van der Waals surface area contributed by atoms with E-state index >= 15 is 0 Å². The summed E-state index contributed by atoms with van der Waals surface area (Å²) in [5.41, 5.74) is 4.61. The molecule has 2 N–H and O–H groups in total. The molecule has 0 radical (unpaired) electrons. The first kappa shape index (κ1) is 20.9. The Morgan fingerprint density at radius 1 is 1.00 bits per heavy atom. The zero-order valence-electron chi connectivity index (χ0n) is 17.0. The van der Waals surface area contributed by atoms with Gasteiger partial charge in [-0.1, -0.05) is 48.5 Å². The number of hydrogen-bond donors (Lipinski definition) is 2. The Morgan fingerprint density at radius 3 is 2.23 bits per heavy atom. The van der Waals surface area contributed by atoms with Crippen LogP contribution in [0.2, 0.25) is 0 Å². The number of carbonyl (C=O) groups excluding carboxylic acids is 2. The van der Waals surface area contributed by atoms with Crippen molar-refractivity contribution in [2.24, 2.45) is 0 Å². The molecule has 0 saturated carbocycles. The van der Waals surface area contributed by atoms with Gasteiger partial charge in [0.05, 0.1) is 6.10 Å². The third-order valence-electron chi connectivity index (χ3n) is 5.60. The molecule has 1 aliphatic heterocycles. The van der Waals surface area contributed by atoms with Crippen molar-refractivity contribution in [2.45, 2.75) is 18.4 Å². The fourth-order valence-corrected chi connectivity index (χ4v) is 4.02. The first-order valence-electron chi connectivity index (χ1n) is 10.2. The smallest absolute Gasteiger partial charge is 0.407 e. The van der Waals surface area contributed by atoms with Crippen LogP contribution in [-0.2, 0) is 19.1 Å². The van der Waals surface area contributed by atoms with E-state index in [9.17, 15) is 14.4 Å². The highest BCUT2D eigenvalue weighted by molar-refractivity contribution is 5.79. The largest absolute Gasteiger partial charge is 0.480 e. The number of alkyl carbamates (subject to hydrolysis) is 1. The lowest BCUT2D eigenvalue weighted by Crippen LogP contribution is -2.55. The van der Waals surface area contributed by atoms with Crippen LogP contribution in [0.3, 0.4) is 0 Å². The van der Waals surface area contributed by atoms with E-state index in [1.54, 1.807) is 4.90 Å². The number of rotatable bonds is 8. The minimum Gasteiger partial charge on any atom is -0.480 e. The molecule has 8 heteroatoms. The van der Waals surface area contributed by atoms with Gasteiger partial charge < -0.3 is 24.8 Å². The molecule has 2 amide bonds. The zero-order valence-corrected chi connectivity index (χ0v) is 17.0. The second kappa shape index (κ2) is 9.18. The second-order valence-corrected chi connectivity index (χ2v) is 7.63. The van der Waals surface area contributed by atoms with E-state index in [2.05, 4.69) is 29.6 Å². The summed E-state index contributed by atoms with van der Waals surface area (Å²) < 4.78 is 10.6. The van der Waals surface area contributed by atoms with Gasteiger partial charge in [-0.15, -0.1) is 0 Å². The number of fused-ring (bicyclic) bond motifs is 3. The highest BCUT2D eigenvalue weighted by atomic mass is 16.5. The van der Waals surface area contributed by atoms with Crippen molar-refractivity contribution in [1.29, 1.82) is 0 Å². The molecular weight excluding hydrogens is 400 g/mol. The fourth-order valence-electron chi connectivity index (χ4n) is 4.02. The predicted molar refractivity (Wildman–Crippen MR) is 112 cm³/mol. The number of nitrogens with one attached hydrogen (secondary N) is 1. The van der Waals surface area contributed by atoms with Gasteiger partial charge in [0.25, 0.3) is 0 Å². The highest BCUT2D eigenvalue weighted by Crippen LogP contribution is 2.44. The standard InChI is InChI=1S/C23H24N2O6/c26-21(25-11-15(12-25)30-14-22(27)28)9-10-24-23(29)31-13-20-18-7-3-1-5-16(18)17-6-2-4-8-19(17)20/h1-8,15,20H,9-14H2,(H,24,29)(H,27,28). The number of carboxylic acid groups (broad SMARTS) is 1. The van der Waals surface area contributed by atoms with E-state index in [0.29, 0.717) is 13.1 Å². The van der Waals surface area contributed by atoms with Crippen LogP contribution < -0.4 is 5.32 Å². The van der Waals surface area contributed by atoms with Crippen molar-refractivity contribution in [3.8, 4) is 11.1 Å². The lowest BCUT2D eigenvalue weighted by molar-refractivity contribution is -0.154. The van der Waals surface area contributed by atoms with Gasteiger partial charge in [0.2, 0.25) is 5.91 Å². The Morgan fingerprint density at radius 2 is 1.61 bits per heavy atom. The van der Waals surface area contributed by atoms with Gasteiger partial charge in [-0.25, -0.2) is 9.59 Å². The molecule has 1 fully saturated rings. The number of likely N-dealkylation sites (tertiary alicyclic amines) is 1. The van der Waals surface area contributed by atoms with Crippen molar-refractivity contribution < 1.29 is 29.0 Å². The van der Waals surface area contributed by atoms with Crippen LogP contribution in [0.25, 0.3) is 11.1 Å². The van der Waals surface area contributed by atoms with Gasteiger partial charge >= 0.3 is 12.1 Å². The first-order chi connectivity index (χ1) is 15.0. The lowest BCUT2D eigenvalue weighted by Gasteiger charge is -2.38. The molecule has 2 aromatic rings. The summed E-state index contributed by atoms with van der Waals surface area (Å²) >= 11 is 0. The summed E-state index contributed by atoms with van der Waals surface area (Å²) in [5.74, 6) is -1.16. The summed E-state index contributed by atoms with van der Waals surface area (Å²) in [6.07, 6.45) is -0.647. The molecule has 8 nitrogen and oxygen atoms in total. The van der Waals surface area contributed by atoms with Crippen molar-refractivity contribution in [1.82, 2.24) is 10.2 Å². The quantitative estimate of drug-likeness (QED) is 0.673. The molecule has 1 saturated heterocycles. The van der Waals surface area contributed by atoms with Crippen LogP contribution in [0.1, 0.15) is 23.5 Å². The van der Waals surface area contributed by atoms with Crippen LogP contribution in [0.5, 0.6) is 0 Å². The van der Waals surface area contributed by atoms with Gasteiger partial charge in [-0.3, -0.25) is 4.79 Å². The van der Waals surface area contributed by atoms with Crippen molar-refractivity contribution in [3.63, 3.8) is 0 Å². The van der Waals surface area contributed by atoms with Gasteiger partial charge in [0.1, 0.15) is 13.2 Å². The number of ether oxygens (including phenoxy) is 2. The SMILES string of the molecule is O=C(O)COC1CN(C(=O)CCNC(=O)OCC2c3ccccc3-c3ccccc32)C1. The zero-order chi connectivity index (χ0) is 21.8. The van der Waals surface area contributed by atoms with E-state index in [0.717, 1.165) is 22.3 Å². The Kier molecular flexibility index (Phi) is 6.18. The molecule has 1 aliphatic carbocycles. The Bertz CT molecular complexity index is 940. The molecule has 0 bridgehead atoms. The van der Waals surface area contributed by atoms with Crippen molar-refractivity contribution in [3.05, 3.63) is 59.7 Å². The maximum absolute atomic E-state index is 12.1. The first-order valence-corrected chi connectivity index (χ1v) is 10.2. The Hall–Kier alpha value is -3.39. The van der Waals surface area contributed by atoms with E-state index in [1.807, 2.05) is 24.3 Å². The van der Waals surface area contributed by atoms with Crippen LogP contribution in [0.15, 0.2) is 48.5 Å². The predicted octanol–water partition coefficient (Wildman–Crippen LogP) is 2.23. The van der Waals surface area contributed by atoms with Gasteiger partial charge in [-0.05, 0) is 22.3 Å². The molecule has 31 heavy (non-hydrogen) atoms. The van der Waals surface area contributed by atoms with Crippen LogP contribution in [-0.4, -0.2) is 66.9 Å². The van der Waals surface area contributed by atoms with Crippen LogP contribution >= 0.6 is 0 Å². The number of carboxylic acids is 1. The average Bonchev–Trinajstić information content (AvgIpc) is 3.05. The third-order valence-corrected chi connectivity index (χ3v) is 5.60. The molecule has 0 aromatic heterocycles. The second-order valence-electron chi connectivity index (χ2n) is 7.63. The van der Waals surface area contributed by atoms with E-state index < -0.39 is 12.1 Å². The van der Waals surface area contributed by atoms with E-state index in [1.165, 1.54) is 0 Å². The number of nitrogens with zero attached hydrogens (tertiary/aromatic N) is 1. The number of carbonyl (C=O) groups is 3. The molecule has 162 valence electrons. The lowest BCUT2D eigenvalue weighted by atomic mass is 9.98. The summed E-state index contributed by atoms with van der Waals surface area (Å²) in [6, 6.07) is 16.2. The number of aliphatic carboxylic acids is 1. The molecule has 0 unspecified atom stereocenters.